The van der Waals surface area contributed by atoms with E-state index in [0.29, 0.717) is 29.4 Å². The lowest BCUT2D eigenvalue weighted by Crippen LogP contribution is -2.41. The molecule has 0 saturated heterocycles. The van der Waals surface area contributed by atoms with Gasteiger partial charge in [-0.15, -0.1) is 0 Å². The van der Waals surface area contributed by atoms with Crippen molar-refractivity contribution in [3.05, 3.63) is 46.2 Å². The lowest BCUT2D eigenvalue weighted by atomic mass is 10.1. The minimum atomic E-state index is -0.465. The summed E-state index contributed by atoms with van der Waals surface area (Å²) >= 11 is 0. The van der Waals surface area contributed by atoms with Gasteiger partial charge in [-0.1, -0.05) is 0 Å². The van der Waals surface area contributed by atoms with Crippen LogP contribution in [0.4, 0.5) is 5.69 Å². The van der Waals surface area contributed by atoms with Gasteiger partial charge in [-0.3, -0.25) is 10.1 Å². The van der Waals surface area contributed by atoms with Crippen molar-refractivity contribution in [2.24, 2.45) is 0 Å². The molecule has 23 heavy (non-hydrogen) atoms. The van der Waals surface area contributed by atoms with Gasteiger partial charge in [-0.25, -0.2) is 0 Å². The van der Waals surface area contributed by atoms with Crippen LogP contribution in [0.3, 0.4) is 0 Å². The molecule has 0 saturated carbocycles. The highest BCUT2D eigenvalue weighted by molar-refractivity contribution is 5.71. The summed E-state index contributed by atoms with van der Waals surface area (Å²) in [6.45, 7) is 4.14. The number of nitrogens with one attached hydrogen (secondary N) is 1. The van der Waals surface area contributed by atoms with Crippen molar-refractivity contribution in [3.8, 4) is 17.1 Å². The number of furan rings is 1. The minimum Gasteiger partial charge on any atom is -0.497 e. The van der Waals surface area contributed by atoms with E-state index in [1.807, 2.05) is 13.8 Å². The zero-order valence-corrected chi connectivity index (χ0v) is 13.3. The molecule has 2 rings (SSSR count). The topological polar surface area (TPSA) is 97.8 Å². The Balaban J connectivity index is 2.25. The van der Waals surface area contributed by atoms with Crippen LogP contribution < -0.4 is 10.1 Å². The Hall–Kier alpha value is -2.38. The van der Waals surface area contributed by atoms with E-state index in [9.17, 15) is 15.2 Å². The third-order valence-corrected chi connectivity index (χ3v) is 3.47. The monoisotopic (exact) mass is 320 g/mol. The summed E-state index contributed by atoms with van der Waals surface area (Å²) in [5, 5.41) is 23.6. The predicted octanol–water partition coefficient (Wildman–Crippen LogP) is 2.72. The first-order chi connectivity index (χ1) is 10.9. The van der Waals surface area contributed by atoms with Crippen LogP contribution in [0.1, 0.15) is 19.6 Å². The second-order valence-corrected chi connectivity index (χ2v) is 5.80. The van der Waals surface area contributed by atoms with Gasteiger partial charge in [0.25, 0.3) is 5.69 Å². The van der Waals surface area contributed by atoms with Gasteiger partial charge in [0.2, 0.25) is 0 Å². The van der Waals surface area contributed by atoms with Crippen molar-refractivity contribution >= 4 is 5.69 Å². The molecule has 0 spiro atoms. The van der Waals surface area contributed by atoms with Crippen molar-refractivity contribution < 1.29 is 19.2 Å². The highest BCUT2D eigenvalue weighted by Gasteiger charge is 2.20. The largest absolute Gasteiger partial charge is 0.497 e. The van der Waals surface area contributed by atoms with Gasteiger partial charge in [-0.2, -0.15) is 0 Å². The summed E-state index contributed by atoms with van der Waals surface area (Å²) < 4.78 is 10.7. The van der Waals surface area contributed by atoms with E-state index >= 15 is 0 Å². The van der Waals surface area contributed by atoms with Crippen molar-refractivity contribution in [2.75, 3.05) is 13.7 Å². The minimum absolute atomic E-state index is 0.00941. The Bertz CT molecular complexity index is 694. The number of hydrogen-bond acceptors (Lipinski definition) is 6. The van der Waals surface area contributed by atoms with Gasteiger partial charge >= 0.3 is 0 Å². The maximum Gasteiger partial charge on any atom is 0.284 e. The number of nitro groups is 1. The predicted molar refractivity (Wildman–Crippen MR) is 85.4 cm³/mol. The molecule has 0 radical (unpaired) electrons. The van der Waals surface area contributed by atoms with Crippen LogP contribution in [-0.2, 0) is 6.54 Å². The van der Waals surface area contributed by atoms with Crippen LogP contribution in [0.15, 0.2) is 34.7 Å². The van der Waals surface area contributed by atoms with Gasteiger partial charge in [0, 0.05) is 5.54 Å². The fourth-order valence-electron chi connectivity index (χ4n) is 2.00. The summed E-state index contributed by atoms with van der Waals surface area (Å²) in [6.07, 6.45) is 0. The number of rotatable bonds is 7. The third kappa shape index (κ3) is 4.08. The van der Waals surface area contributed by atoms with E-state index in [0.717, 1.165) is 0 Å². The Morgan fingerprint density at radius 2 is 2.09 bits per heavy atom. The first kappa shape index (κ1) is 17.0. The summed E-state index contributed by atoms with van der Waals surface area (Å²) in [5.74, 6) is 1.46. The third-order valence-electron chi connectivity index (χ3n) is 3.47. The molecule has 0 fully saturated rings. The Labute approximate surface area is 134 Å². The molecule has 0 aliphatic carbocycles. The highest BCUT2D eigenvalue weighted by Crippen LogP contribution is 2.34. The molecule has 7 heteroatoms. The second kappa shape index (κ2) is 6.80. The number of aliphatic hydroxyl groups excluding tert-OH is 1. The summed E-state index contributed by atoms with van der Waals surface area (Å²) in [4.78, 5) is 10.8. The van der Waals surface area contributed by atoms with Crippen molar-refractivity contribution in [2.45, 2.75) is 25.9 Å². The summed E-state index contributed by atoms with van der Waals surface area (Å²) in [7, 11) is 1.46. The molecule has 124 valence electrons. The molecule has 2 aromatic rings. The molecule has 0 atom stereocenters. The summed E-state index contributed by atoms with van der Waals surface area (Å²) in [6, 6.07) is 8.06. The number of nitro benzene ring substituents is 1. The molecule has 0 bridgehead atoms. The average molecular weight is 320 g/mol. The van der Waals surface area contributed by atoms with Crippen molar-refractivity contribution in [1.82, 2.24) is 5.32 Å². The molecule has 1 aromatic carbocycles. The fraction of sp³-hybridized carbons (Fsp3) is 0.375. The molecular weight excluding hydrogens is 300 g/mol. The maximum absolute atomic E-state index is 11.2. The van der Waals surface area contributed by atoms with Gasteiger partial charge < -0.3 is 19.6 Å². The smallest absolute Gasteiger partial charge is 0.284 e. The number of aliphatic hydroxyl groups is 1. The normalized spacial score (nSPS) is 11.5. The first-order valence-electron chi connectivity index (χ1n) is 7.13. The zero-order chi connectivity index (χ0) is 17.0. The first-order valence-corrected chi connectivity index (χ1v) is 7.13. The molecule has 0 amide bonds. The Kier molecular flexibility index (Phi) is 5.02. The average Bonchev–Trinajstić information content (AvgIpc) is 3.01. The zero-order valence-electron chi connectivity index (χ0n) is 13.3. The standard InChI is InChI=1S/C16H20N2O5/c1-16(2,10-19)17-9-12-5-7-15(23-12)13-6-4-11(22-3)8-14(13)18(20)21/h4-8,17,19H,9-10H2,1-3H3. The van der Waals surface area contributed by atoms with Gasteiger partial charge in [0.05, 0.1) is 36.8 Å². The Morgan fingerprint density at radius 3 is 2.70 bits per heavy atom. The fourth-order valence-corrected chi connectivity index (χ4v) is 2.00. The van der Waals surface area contributed by atoms with E-state index < -0.39 is 10.5 Å². The number of ether oxygens (including phenoxy) is 1. The highest BCUT2D eigenvalue weighted by atomic mass is 16.6. The van der Waals surface area contributed by atoms with E-state index in [4.69, 9.17) is 9.15 Å². The van der Waals surface area contributed by atoms with Crippen LogP contribution in [0.2, 0.25) is 0 Å². The molecule has 1 heterocycles. The molecular formula is C16H20N2O5. The second-order valence-electron chi connectivity index (χ2n) is 5.80. The Morgan fingerprint density at radius 1 is 1.35 bits per heavy atom. The molecule has 1 aromatic heterocycles. The van der Waals surface area contributed by atoms with Crippen LogP contribution in [0.25, 0.3) is 11.3 Å². The van der Waals surface area contributed by atoms with E-state index in [1.54, 1.807) is 24.3 Å². The van der Waals surface area contributed by atoms with E-state index in [1.165, 1.54) is 13.2 Å². The van der Waals surface area contributed by atoms with Crippen molar-refractivity contribution in [1.29, 1.82) is 0 Å². The van der Waals surface area contributed by atoms with Crippen LogP contribution >= 0.6 is 0 Å². The molecule has 7 nitrogen and oxygen atoms in total. The lowest BCUT2D eigenvalue weighted by molar-refractivity contribution is -0.384. The molecule has 0 aliphatic rings. The van der Waals surface area contributed by atoms with Gasteiger partial charge in [0.1, 0.15) is 17.3 Å². The SMILES string of the molecule is COc1ccc(-c2ccc(CNC(C)(C)CO)o2)c([N+](=O)[O-])c1. The number of benzene rings is 1. The van der Waals surface area contributed by atoms with Crippen molar-refractivity contribution in [3.63, 3.8) is 0 Å². The number of nitrogens with zero attached hydrogens (tertiary/aromatic N) is 1. The van der Waals surface area contributed by atoms with E-state index in [2.05, 4.69) is 5.32 Å². The van der Waals surface area contributed by atoms with Crippen LogP contribution in [-0.4, -0.2) is 29.3 Å². The molecule has 0 aliphatic heterocycles. The van der Waals surface area contributed by atoms with Gasteiger partial charge in [-0.05, 0) is 38.1 Å². The van der Waals surface area contributed by atoms with Gasteiger partial charge in [0.15, 0.2) is 0 Å². The van der Waals surface area contributed by atoms with Crippen LogP contribution in [0.5, 0.6) is 5.75 Å². The quantitative estimate of drug-likeness (QED) is 0.601. The maximum atomic E-state index is 11.2. The molecule has 0 unspecified atom stereocenters. The molecule has 2 N–H and O–H groups in total. The lowest BCUT2D eigenvalue weighted by Gasteiger charge is -2.22. The summed E-state index contributed by atoms with van der Waals surface area (Å²) in [5.41, 5.74) is -0.114. The van der Waals surface area contributed by atoms with E-state index in [-0.39, 0.29) is 12.3 Å². The van der Waals surface area contributed by atoms with Crippen LogP contribution in [0, 0.1) is 10.1 Å². The number of hydrogen-bond donors (Lipinski definition) is 2. The number of methoxy groups -OCH3 is 1.